The molecule has 104 valence electrons. The van der Waals surface area contributed by atoms with Gasteiger partial charge >= 0.3 is 0 Å². The number of nitrogens with zero attached hydrogens (tertiary/aromatic N) is 1. The van der Waals surface area contributed by atoms with E-state index in [0.29, 0.717) is 11.3 Å². The first-order valence-corrected chi connectivity index (χ1v) is 7.57. The van der Waals surface area contributed by atoms with Crippen LogP contribution in [0.4, 0.5) is 5.69 Å². The second-order valence-corrected chi connectivity index (χ2v) is 5.16. The van der Waals surface area contributed by atoms with Crippen molar-refractivity contribution in [1.29, 1.82) is 5.26 Å². The molecule has 0 atom stereocenters. The normalized spacial score (nSPS) is 10.3. The van der Waals surface area contributed by atoms with Crippen LogP contribution in [0.5, 0.6) is 0 Å². The van der Waals surface area contributed by atoms with Crippen molar-refractivity contribution in [2.45, 2.75) is 4.90 Å². The molecule has 0 spiro atoms. The molecule has 0 aliphatic rings. The maximum atomic E-state index is 11.8. The molecule has 0 aliphatic heterocycles. The first kappa shape index (κ1) is 14.9. The largest absolute Gasteiger partial charge is 0.323 e. The van der Waals surface area contributed by atoms with Gasteiger partial charge in [0.25, 0.3) is 0 Å². The first-order chi connectivity index (χ1) is 10.2. The van der Waals surface area contributed by atoms with Gasteiger partial charge in [0, 0.05) is 16.7 Å². The van der Waals surface area contributed by atoms with Gasteiger partial charge in [0.05, 0.1) is 11.6 Å². The predicted octanol–water partition coefficient (Wildman–Crippen LogP) is 3.93. The lowest BCUT2D eigenvalue weighted by molar-refractivity contribution is -0.111. The van der Waals surface area contributed by atoms with Crippen molar-refractivity contribution in [1.82, 2.24) is 0 Å². The average molecular weight is 294 g/mol. The van der Waals surface area contributed by atoms with E-state index in [0.717, 1.165) is 5.56 Å². The van der Waals surface area contributed by atoms with E-state index in [-0.39, 0.29) is 5.91 Å². The van der Waals surface area contributed by atoms with Crippen LogP contribution in [0.1, 0.15) is 11.1 Å². The van der Waals surface area contributed by atoms with E-state index in [1.807, 2.05) is 36.6 Å². The predicted molar refractivity (Wildman–Crippen MR) is 87.0 cm³/mol. The number of anilines is 1. The summed E-state index contributed by atoms with van der Waals surface area (Å²) in [6, 6.07) is 16.8. The molecule has 0 saturated carbocycles. The molecule has 0 aromatic heterocycles. The molecule has 3 nitrogen and oxygen atoms in total. The van der Waals surface area contributed by atoms with Gasteiger partial charge in [0.15, 0.2) is 0 Å². The van der Waals surface area contributed by atoms with Crippen molar-refractivity contribution in [3.05, 3.63) is 65.7 Å². The second kappa shape index (κ2) is 7.32. The maximum absolute atomic E-state index is 11.8. The summed E-state index contributed by atoms with van der Waals surface area (Å²) in [7, 11) is 0. The van der Waals surface area contributed by atoms with Crippen LogP contribution in [0.15, 0.2) is 59.5 Å². The molecule has 0 fully saturated rings. The van der Waals surface area contributed by atoms with Crippen LogP contribution in [-0.4, -0.2) is 12.2 Å². The van der Waals surface area contributed by atoms with Crippen molar-refractivity contribution in [2.24, 2.45) is 0 Å². The summed E-state index contributed by atoms with van der Waals surface area (Å²) in [4.78, 5) is 13.0. The van der Waals surface area contributed by atoms with Gasteiger partial charge in [-0.3, -0.25) is 4.79 Å². The van der Waals surface area contributed by atoms with Crippen molar-refractivity contribution < 1.29 is 4.79 Å². The number of benzene rings is 2. The van der Waals surface area contributed by atoms with Crippen LogP contribution in [0.25, 0.3) is 6.08 Å². The highest BCUT2D eigenvalue weighted by Crippen LogP contribution is 2.15. The number of carbonyl (C=O) groups excluding carboxylic acids is 1. The van der Waals surface area contributed by atoms with E-state index < -0.39 is 0 Å². The van der Waals surface area contributed by atoms with Gasteiger partial charge < -0.3 is 5.32 Å². The van der Waals surface area contributed by atoms with Crippen LogP contribution >= 0.6 is 11.8 Å². The first-order valence-electron chi connectivity index (χ1n) is 6.34. The van der Waals surface area contributed by atoms with Crippen molar-refractivity contribution in [3.8, 4) is 6.07 Å². The highest BCUT2D eigenvalue weighted by Gasteiger charge is 1.98. The number of rotatable bonds is 4. The van der Waals surface area contributed by atoms with Crippen LogP contribution in [0.2, 0.25) is 0 Å². The average Bonchev–Trinajstić information content (AvgIpc) is 2.54. The van der Waals surface area contributed by atoms with Gasteiger partial charge in [0.2, 0.25) is 5.91 Å². The van der Waals surface area contributed by atoms with Gasteiger partial charge in [0.1, 0.15) is 0 Å². The van der Waals surface area contributed by atoms with Crippen molar-refractivity contribution in [2.75, 3.05) is 11.6 Å². The van der Waals surface area contributed by atoms with Gasteiger partial charge in [-0.05, 0) is 54.3 Å². The number of carbonyl (C=O) groups is 1. The molecule has 0 aliphatic carbocycles. The molecule has 2 aromatic rings. The molecule has 0 bridgehead atoms. The summed E-state index contributed by atoms with van der Waals surface area (Å²) in [6.07, 6.45) is 5.28. The highest BCUT2D eigenvalue weighted by molar-refractivity contribution is 7.98. The molecule has 1 amide bonds. The highest BCUT2D eigenvalue weighted by atomic mass is 32.2. The Morgan fingerprint density at radius 1 is 1.14 bits per heavy atom. The summed E-state index contributed by atoms with van der Waals surface area (Å²) in [5.41, 5.74) is 2.21. The van der Waals surface area contributed by atoms with Gasteiger partial charge in [-0.25, -0.2) is 0 Å². The lowest BCUT2D eigenvalue weighted by Gasteiger charge is -2.01. The third-order valence-electron chi connectivity index (χ3n) is 2.82. The Balaban J connectivity index is 1.96. The zero-order valence-corrected chi connectivity index (χ0v) is 12.4. The van der Waals surface area contributed by atoms with Crippen LogP contribution in [0.3, 0.4) is 0 Å². The van der Waals surface area contributed by atoms with Gasteiger partial charge in [-0.15, -0.1) is 11.8 Å². The number of nitriles is 1. The molecule has 1 N–H and O–H groups in total. The van der Waals surface area contributed by atoms with Crippen LogP contribution in [-0.2, 0) is 4.79 Å². The third kappa shape index (κ3) is 4.51. The fraction of sp³-hybridized carbons (Fsp3) is 0.0588. The lowest BCUT2D eigenvalue weighted by Crippen LogP contribution is -2.07. The Hall–Kier alpha value is -2.51. The Morgan fingerprint density at radius 2 is 1.81 bits per heavy atom. The zero-order chi connectivity index (χ0) is 15.1. The van der Waals surface area contributed by atoms with E-state index in [4.69, 9.17) is 5.26 Å². The monoisotopic (exact) mass is 294 g/mol. The fourth-order valence-corrected chi connectivity index (χ4v) is 2.11. The standard InChI is InChI=1S/C17H14N2OS/c1-21-16-9-4-13(5-10-16)6-11-17(20)19-15-7-2-14(12-18)3-8-15/h2-11H,1H3,(H,19,20)/b11-6+. The van der Waals surface area contributed by atoms with Gasteiger partial charge in [-0.2, -0.15) is 5.26 Å². The van der Waals surface area contributed by atoms with E-state index >= 15 is 0 Å². The van der Waals surface area contributed by atoms with Crippen LogP contribution < -0.4 is 5.32 Å². The van der Waals surface area contributed by atoms with E-state index in [1.54, 1.807) is 42.1 Å². The summed E-state index contributed by atoms with van der Waals surface area (Å²) in [5, 5.41) is 11.5. The number of nitrogens with one attached hydrogen (secondary N) is 1. The molecule has 0 unspecified atom stereocenters. The number of thioether (sulfide) groups is 1. The van der Waals surface area contributed by atoms with Crippen molar-refractivity contribution in [3.63, 3.8) is 0 Å². The lowest BCUT2D eigenvalue weighted by atomic mass is 10.2. The molecule has 0 radical (unpaired) electrons. The molecule has 2 rings (SSSR count). The number of hydrogen-bond donors (Lipinski definition) is 1. The molecular formula is C17H14N2OS. The summed E-state index contributed by atoms with van der Waals surface area (Å²) >= 11 is 1.68. The zero-order valence-electron chi connectivity index (χ0n) is 11.5. The Morgan fingerprint density at radius 3 is 2.38 bits per heavy atom. The van der Waals surface area contributed by atoms with Gasteiger partial charge in [-0.1, -0.05) is 12.1 Å². The Bertz CT molecular complexity index is 682. The molecular weight excluding hydrogens is 280 g/mol. The molecule has 21 heavy (non-hydrogen) atoms. The summed E-state index contributed by atoms with van der Waals surface area (Å²) in [5.74, 6) is -0.200. The quantitative estimate of drug-likeness (QED) is 0.686. The smallest absolute Gasteiger partial charge is 0.248 e. The van der Waals surface area contributed by atoms with Crippen LogP contribution in [0, 0.1) is 11.3 Å². The summed E-state index contributed by atoms with van der Waals surface area (Å²) in [6.45, 7) is 0. The fourth-order valence-electron chi connectivity index (χ4n) is 1.70. The minimum atomic E-state index is -0.200. The Labute approximate surface area is 128 Å². The number of hydrogen-bond acceptors (Lipinski definition) is 3. The van der Waals surface area contributed by atoms with Crippen molar-refractivity contribution >= 4 is 29.4 Å². The molecule has 0 saturated heterocycles. The summed E-state index contributed by atoms with van der Waals surface area (Å²) < 4.78 is 0. The third-order valence-corrected chi connectivity index (χ3v) is 3.57. The molecule has 0 heterocycles. The topological polar surface area (TPSA) is 52.9 Å². The van der Waals surface area contributed by atoms with E-state index in [1.165, 1.54) is 11.0 Å². The minimum absolute atomic E-state index is 0.200. The molecule has 4 heteroatoms. The van der Waals surface area contributed by atoms with E-state index in [2.05, 4.69) is 5.32 Å². The molecule has 2 aromatic carbocycles. The SMILES string of the molecule is CSc1ccc(/C=C/C(=O)Nc2ccc(C#N)cc2)cc1. The number of amides is 1. The minimum Gasteiger partial charge on any atom is -0.323 e. The second-order valence-electron chi connectivity index (χ2n) is 4.28. The maximum Gasteiger partial charge on any atom is 0.248 e. The van der Waals surface area contributed by atoms with E-state index in [9.17, 15) is 4.79 Å². The Kier molecular flexibility index (Phi) is 5.19.